The average Bonchev–Trinajstić information content (AvgIpc) is 3.42. The minimum Gasteiger partial charge on any atom is -0.310 e. The Morgan fingerprint density at radius 1 is 1.06 bits per heavy atom. The fourth-order valence-corrected chi connectivity index (χ4v) is 6.53. The molecule has 0 spiro atoms. The number of carbonyl (C=O) groups excluding carboxylic acids is 1. The van der Waals surface area contributed by atoms with Crippen molar-refractivity contribution < 1.29 is 13.2 Å². The van der Waals surface area contributed by atoms with Crippen LogP contribution in [0, 0.1) is 19.8 Å². The number of aromatic nitrogens is 3. The van der Waals surface area contributed by atoms with Crippen LogP contribution in [0.3, 0.4) is 0 Å². The first-order valence-corrected chi connectivity index (χ1v) is 13.4. The molecule has 176 valence electrons. The van der Waals surface area contributed by atoms with Crippen LogP contribution in [0.5, 0.6) is 0 Å². The summed E-state index contributed by atoms with van der Waals surface area (Å²) in [6.45, 7) is 4.41. The first-order chi connectivity index (χ1) is 16.3. The van der Waals surface area contributed by atoms with Crippen LogP contribution in [0.2, 0.25) is 0 Å². The first-order valence-electron chi connectivity index (χ1n) is 11.1. The molecule has 4 aromatic rings. The predicted molar refractivity (Wildman–Crippen MR) is 133 cm³/mol. The fraction of sp³-hybridized carbons (Fsp3) is 0.292. The Bertz CT molecular complexity index is 1420. The van der Waals surface area contributed by atoms with E-state index in [9.17, 15) is 13.2 Å². The topological polar surface area (TPSA) is 97.2 Å². The highest BCUT2D eigenvalue weighted by atomic mass is 32.2. The van der Waals surface area contributed by atoms with Gasteiger partial charge in [0.1, 0.15) is 5.82 Å². The third-order valence-electron chi connectivity index (χ3n) is 6.03. The quantitative estimate of drug-likeness (QED) is 0.449. The van der Waals surface area contributed by atoms with Gasteiger partial charge in [0.25, 0.3) is 0 Å². The number of nitrogens with zero attached hydrogens (tertiary/aromatic N) is 4. The number of aryl methyl sites for hydroxylation is 2. The van der Waals surface area contributed by atoms with Crippen LogP contribution in [0.25, 0.3) is 15.3 Å². The number of anilines is 1. The molecule has 3 heterocycles. The standard InChI is InChI=1S/C24H25N5O3S2/c1-16-7-9-19(10-8-16)34(31,32)28-13-11-18(12-14-28)23(30)26-22-15-17(2)27-29(22)24-25-20-5-3-4-6-21(20)33-24/h3-10,15,18H,11-14H2,1-2H3,(H,26,30). The van der Waals surface area contributed by atoms with E-state index in [1.54, 1.807) is 28.9 Å². The van der Waals surface area contributed by atoms with Crippen LogP contribution in [-0.4, -0.2) is 46.5 Å². The lowest BCUT2D eigenvalue weighted by molar-refractivity contribution is -0.120. The second-order valence-corrected chi connectivity index (χ2v) is 11.5. The smallest absolute Gasteiger partial charge is 0.243 e. The maximum Gasteiger partial charge on any atom is 0.243 e. The normalized spacial score (nSPS) is 15.6. The summed E-state index contributed by atoms with van der Waals surface area (Å²) in [5, 5.41) is 8.20. The molecule has 1 fully saturated rings. The summed E-state index contributed by atoms with van der Waals surface area (Å²) in [6.07, 6.45) is 0.927. The van der Waals surface area contributed by atoms with Crippen molar-refractivity contribution in [2.75, 3.05) is 18.4 Å². The lowest BCUT2D eigenvalue weighted by Gasteiger charge is -2.30. The van der Waals surface area contributed by atoms with Crippen molar-refractivity contribution in [2.24, 2.45) is 5.92 Å². The highest BCUT2D eigenvalue weighted by molar-refractivity contribution is 7.89. The number of thiazole rings is 1. The number of fused-ring (bicyclic) bond motifs is 1. The summed E-state index contributed by atoms with van der Waals surface area (Å²) >= 11 is 1.51. The predicted octanol–water partition coefficient (Wildman–Crippen LogP) is 4.14. The van der Waals surface area contributed by atoms with E-state index in [4.69, 9.17) is 0 Å². The van der Waals surface area contributed by atoms with Gasteiger partial charge in [-0.25, -0.2) is 13.4 Å². The van der Waals surface area contributed by atoms with Gasteiger partial charge in [-0.3, -0.25) is 4.79 Å². The Morgan fingerprint density at radius 2 is 1.76 bits per heavy atom. The number of hydrogen-bond acceptors (Lipinski definition) is 6. The summed E-state index contributed by atoms with van der Waals surface area (Å²) in [6, 6.07) is 16.5. The van der Waals surface area contributed by atoms with Crippen LogP contribution >= 0.6 is 11.3 Å². The van der Waals surface area contributed by atoms with Gasteiger partial charge < -0.3 is 5.32 Å². The lowest BCUT2D eigenvalue weighted by Crippen LogP contribution is -2.41. The number of benzene rings is 2. The molecule has 0 radical (unpaired) electrons. The molecular weight excluding hydrogens is 470 g/mol. The van der Waals surface area contributed by atoms with Gasteiger partial charge in [-0.05, 0) is 51.0 Å². The maximum absolute atomic E-state index is 13.1. The molecule has 0 bridgehead atoms. The molecule has 1 aliphatic heterocycles. The Balaban J connectivity index is 1.28. The molecule has 1 aliphatic rings. The molecule has 5 rings (SSSR count). The molecule has 1 N–H and O–H groups in total. The summed E-state index contributed by atoms with van der Waals surface area (Å²) in [4.78, 5) is 18.0. The van der Waals surface area contributed by atoms with Crippen LogP contribution in [-0.2, 0) is 14.8 Å². The molecule has 8 nitrogen and oxygen atoms in total. The van der Waals surface area contributed by atoms with Crippen molar-refractivity contribution >= 4 is 43.3 Å². The SMILES string of the molecule is Cc1ccc(S(=O)(=O)N2CCC(C(=O)Nc3cc(C)nn3-c3nc4ccccc4s3)CC2)cc1. The van der Waals surface area contributed by atoms with E-state index < -0.39 is 10.0 Å². The molecule has 0 unspecified atom stereocenters. The van der Waals surface area contributed by atoms with E-state index >= 15 is 0 Å². The minimum absolute atomic E-state index is 0.130. The number of sulfonamides is 1. The van der Waals surface area contributed by atoms with E-state index in [0.717, 1.165) is 21.5 Å². The van der Waals surface area contributed by atoms with Crippen LogP contribution in [0.4, 0.5) is 5.82 Å². The lowest BCUT2D eigenvalue weighted by atomic mass is 9.97. The van der Waals surface area contributed by atoms with Gasteiger partial charge in [-0.1, -0.05) is 41.2 Å². The molecular formula is C24H25N5O3S2. The summed E-state index contributed by atoms with van der Waals surface area (Å²) < 4.78 is 30.1. The van der Waals surface area contributed by atoms with Crippen molar-refractivity contribution in [2.45, 2.75) is 31.6 Å². The van der Waals surface area contributed by atoms with Gasteiger partial charge >= 0.3 is 0 Å². The van der Waals surface area contributed by atoms with E-state index in [2.05, 4.69) is 15.4 Å². The molecule has 1 amide bonds. The summed E-state index contributed by atoms with van der Waals surface area (Å²) in [7, 11) is -3.56. The van der Waals surface area contributed by atoms with Crippen LogP contribution in [0.1, 0.15) is 24.1 Å². The third kappa shape index (κ3) is 4.36. The van der Waals surface area contributed by atoms with Gasteiger partial charge in [-0.2, -0.15) is 14.1 Å². The molecule has 2 aromatic heterocycles. The van der Waals surface area contributed by atoms with Crippen molar-refractivity contribution in [3.8, 4) is 5.13 Å². The zero-order chi connectivity index (χ0) is 23.9. The Hall–Kier alpha value is -3.08. The molecule has 1 saturated heterocycles. The fourth-order valence-electron chi connectivity index (χ4n) is 4.13. The molecule has 10 heteroatoms. The van der Waals surface area contributed by atoms with E-state index in [1.165, 1.54) is 15.6 Å². The number of amides is 1. The number of nitrogens with one attached hydrogen (secondary N) is 1. The van der Waals surface area contributed by atoms with Gasteiger partial charge in [0.05, 0.1) is 20.8 Å². The van der Waals surface area contributed by atoms with E-state index in [1.807, 2.05) is 44.2 Å². The molecule has 0 atom stereocenters. The second kappa shape index (κ2) is 8.94. The molecule has 2 aromatic carbocycles. The molecule has 0 saturated carbocycles. The summed E-state index contributed by atoms with van der Waals surface area (Å²) in [5.74, 6) is 0.161. The maximum atomic E-state index is 13.1. The largest absolute Gasteiger partial charge is 0.310 e. The number of para-hydroxylation sites is 1. The highest BCUT2D eigenvalue weighted by Gasteiger charge is 2.32. The third-order valence-corrected chi connectivity index (χ3v) is 8.95. The van der Waals surface area contributed by atoms with Crippen molar-refractivity contribution in [1.29, 1.82) is 0 Å². The van der Waals surface area contributed by atoms with Gasteiger partial charge in [0.15, 0.2) is 0 Å². The van der Waals surface area contributed by atoms with Crippen LogP contribution < -0.4 is 5.32 Å². The van der Waals surface area contributed by atoms with Gasteiger partial charge in [-0.15, -0.1) is 0 Å². The number of hydrogen-bond donors (Lipinski definition) is 1. The number of piperidine rings is 1. The highest BCUT2D eigenvalue weighted by Crippen LogP contribution is 2.29. The van der Waals surface area contributed by atoms with E-state index in [-0.39, 0.29) is 16.7 Å². The summed E-state index contributed by atoms with van der Waals surface area (Å²) in [5.41, 5.74) is 2.67. The Kier molecular flexibility index (Phi) is 5.97. The van der Waals surface area contributed by atoms with Gasteiger partial charge in [0.2, 0.25) is 21.1 Å². The van der Waals surface area contributed by atoms with Gasteiger partial charge in [0, 0.05) is 25.1 Å². The number of rotatable bonds is 5. The first kappa shape index (κ1) is 22.7. The molecule has 34 heavy (non-hydrogen) atoms. The molecule has 0 aliphatic carbocycles. The Morgan fingerprint density at radius 3 is 2.47 bits per heavy atom. The Labute approximate surface area is 202 Å². The minimum atomic E-state index is -3.56. The zero-order valence-corrected chi connectivity index (χ0v) is 20.6. The van der Waals surface area contributed by atoms with Crippen molar-refractivity contribution in [1.82, 2.24) is 19.1 Å². The van der Waals surface area contributed by atoms with Crippen molar-refractivity contribution in [3.05, 3.63) is 65.9 Å². The zero-order valence-electron chi connectivity index (χ0n) is 18.9. The number of carbonyl (C=O) groups is 1. The van der Waals surface area contributed by atoms with E-state index in [0.29, 0.717) is 36.9 Å². The van der Waals surface area contributed by atoms with Crippen LogP contribution in [0.15, 0.2) is 59.5 Å². The second-order valence-electron chi connectivity index (χ2n) is 8.53. The average molecular weight is 496 g/mol. The monoisotopic (exact) mass is 495 g/mol. The van der Waals surface area contributed by atoms with Crippen molar-refractivity contribution in [3.63, 3.8) is 0 Å².